The number of benzene rings is 2. The van der Waals surface area contributed by atoms with Crippen LogP contribution in [0, 0.1) is 12.7 Å². The molecule has 0 saturated heterocycles. The molecule has 2 aromatic carbocycles. The van der Waals surface area contributed by atoms with Crippen LogP contribution in [-0.4, -0.2) is 31.5 Å². The maximum Gasteiger partial charge on any atom is 0.272 e. The number of nitrogens with zero attached hydrogens (tertiary/aromatic N) is 5. The van der Waals surface area contributed by atoms with E-state index in [9.17, 15) is 9.18 Å². The monoisotopic (exact) mass is 404 g/mol. The maximum atomic E-state index is 14.8. The molecule has 30 heavy (non-hydrogen) atoms. The second-order valence-electron chi connectivity index (χ2n) is 7.77. The summed E-state index contributed by atoms with van der Waals surface area (Å²) < 4.78 is 16.9. The van der Waals surface area contributed by atoms with Gasteiger partial charge in [-0.1, -0.05) is 24.3 Å². The molecule has 8 heteroatoms. The SMILES string of the molecule is Cc1nnc2n1C(C)CN(c1cc(Cc3n[nH]c(=O)c4ccccc34)ccc1F)C2. The van der Waals surface area contributed by atoms with Crippen molar-refractivity contribution in [3.8, 4) is 0 Å². The van der Waals surface area contributed by atoms with Gasteiger partial charge in [-0.2, -0.15) is 5.10 Å². The van der Waals surface area contributed by atoms with Crippen LogP contribution in [0.15, 0.2) is 47.3 Å². The maximum absolute atomic E-state index is 14.8. The quantitative estimate of drug-likeness (QED) is 0.568. The van der Waals surface area contributed by atoms with Gasteiger partial charge in [-0.05, 0) is 37.6 Å². The molecule has 0 aliphatic carbocycles. The smallest absolute Gasteiger partial charge is 0.272 e. The minimum Gasteiger partial charge on any atom is -0.360 e. The zero-order chi connectivity index (χ0) is 20.8. The molecule has 1 atom stereocenters. The van der Waals surface area contributed by atoms with E-state index >= 15 is 0 Å². The van der Waals surface area contributed by atoms with Crippen LogP contribution in [0.1, 0.15) is 35.9 Å². The van der Waals surface area contributed by atoms with Gasteiger partial charge in [0.15, 0.2) is 5.82 Å². The molecule has 0 fully saturated rings. The summed E-state index contributed by atoms with van der Waals surface area (Å²) in [4.78, 5) is 14.0. The number of hydrogen-bond donors (Lipinski definition) is 1. The molecule has 0 saturated carbocycles. The van der Waals surface area contributed by atoms with E-state index in [0.717, 1.165) is 28.3 Å². The lowest BCUT2D eigenvalue weighted by Crippen LogP contribution is -2.37. The average molecular weight is 404 g/mol. The molecule has 2 aromatic heterocycles. The van der Waals surface area contributed by atoms with Gasteiger partial charge in [0.1, 0.15) is 11.6 Å². The van der Waals surface area contributed by atoms with E-state index in [-0.39, 0.29) is 17.4 Å². The van der Waals surface area contributed by atoms with Gasteiger partial charge >= 0.3 is 0 Å². The van der Waals surface area contributed by atoms with Gasteiger partial charge in [-0.25, -0.2) is 9.49 Å². The fraction of sp³-hybridized carbons (Fsp3) is 0.273. The Morgan fingerprint density at radius 1 is 1.17 bits per heavy atom. The molecular weight excluding hydrogens is 383 g/mol. The molecule has 1 N–H and O–H groups in total. The highest BCUT2D eigenvalue weighted by Gasteiger charge is 2.27. The third-order valence-electron chi connectivity index (χ3n) is 5.69. The minimum absolute atomic E-state index is 0.150. The summed E-state index contributed by atoms with van der Waals surface area (Å²) in [6, 6.07) is 12.7. The topological polar surface area (TPSA) is 79.7 Å². The van der Waals surface area contributed by atoms with Crippen LogP contribution >= 0.6 is 0 Å². The average Bonchev–Trinajstić information content (AvgIpc) is 3.13. The summed E-state index contributed by atoms with van der Waals surface area (Å²) in [6.07, 6.45) is 0.489. The number of aromatic amines is 1. The largest absolute Gasteiger partial charge is 0.360 e. The summed E-state index contributed by atoms with van der Waals surface area (Å²) in [5.74, 6) is 1.45. The number of rotatable bonds is 3. The van der Waals surface area contributed by atoms with E-state index in [0.29, 0.717) is 30.6 Å². The Labute approximate surface area is 172 Å². The number of aryl methyl sites for hydroxylation is 1. The van der Waals surface area contributed by atoms with Crippen LogP contribution in [0.3, 0.4) is 0 Å². The molecular formula is C22H21FN6O. The summed E-state index contributed by atoms with van der Waals surface area (Å²) >= 11 is 0. The molecule has 7 nitrogen and oxygen atoms in total. The standard InChI is InChI=1S/C22H21FN6O/c1-13-11-28(12-21-26-24-14(2)29(13)21)20-10-15(7-8-18(20)23)9-19-16-5-3-4-6-17(16)22(30)27-25-19/h3-8,10,13H,9,11-12H2,1-2H3,(H,27,30). The lowest BCUT2D eigenvalue weighted by atomic mass is 10.0. The second kappa shape index (κ2) is 7.05. The van der Waals surface area contributed by atoms with Gasteiger partial charge in [0, 0.05) is 18.4 Å². The van der Waals surface area contributed by atoms with Gasteiger partial charge in [0.2, 0.25) is 0 Å². The fourth-order valence-corrected chi connectivity index (χ4v) is 4.32. The van der Waals surface area contributed by atoms with Gasteiger partial charge < -0.3 is 9.47 Å². The Hall–Kier alpha value is -3.55. The number of aromatic nitrogens is 5. The molecule has 152 valence electrons. The first-order valence-corrected chi connectivity index (χ1v) is 9.91. The van der Waals surface area contributed by atoms with Crippen LogP contribution in [0.5, 0.6) is 0 Å². The van der Waals surface area contributed by atoms with Crippen molar-refractivity contribution in [2.75, 3.05) is 11.4 Å². The molecule has 5 rings (SSSR count). The molecule has 1 aliphatic rings. The Kier molecular flexibility index (Phi) is 4.34. The molecule has 0 bridgehead atoms. The number of halogens is 1. The van der Waals surface area contributed by atoms with Gasteiger partial charge in [-0.15, -0.1) is 10.2 Å². The van der Waals surface area contributed by atoms with Crippen molar-refractivity contribution in [1.82, 2.24) is 25.0 Å². The van der Waals surface area contributed by atoms with Crippen LogP contribution in [0.4, 0.5) is 10.1 Å². The normalized spacial score (nSPS) is 16.1. The van der Waals surface area contributed by atoms with E-state index in [1.54, 1.807) is 12.1 Å². The highest BCUT2D eigenvalue weighted by Crippen LogP contribution is 2.30. The van der Waals surface area contributed by atoms with Crippen LogP contribution < -0.4 is 10.5 Å². The van der Waals surface area contributed by atoms with Crippen molar-refractivity contribution in [3.63, 3.8) is 0 Å². The zero-order valence-corrected chi connectivity index (χ0v) is 16.8. The number of anilines is 1. The predicted octanol–water partition coefficient (Wildman–Crippen LogP) is 3.13. The molecule has 3 heterocycles. The summed E-state index contributed by atoms with van der Waals surface area (Å²) in [5, 5.41) is 16.6. The van der Waals surface area contributed by atoms with E-state index in [4.69, 9.17) is 0 Å². The van der Waals surface area contributed by atoms with Gasteiger partial charge in [-0.3, -0.25) is 4.79 Å². The van der Waals surface area contributed by atoms with Gasteiger partial charge in [0.05, 0.1) is 29.4 Å². The van der Waals surface area contributed by atoms with E-state index < -0.39 is 0 Å². The minimum atomic E-state index is -0.269. The van der Waals surface area contributed by atoms with Crippen molar-refractivity contribution >= 4 is 16.5 Å². The van der Waals surface area contributed by atoms with E-state index in [1.807, 2.05) is 36.1 Å². The van der Waals surface area contributed by atoms with Crippen molar-refractivity contribution in [2.45, 2.75) is 32.9 Å². The number of nitrogens with one attached hydrogen (secondary N) is 1. The number of fused-ring (bicyclic) bond motifs is 2. The van der Waals surface area contributed by atoms with Crippen molar-refractivity contribution in [1.29, 1.82) is 0 Å². The van der Waals surface area contributed by atoms with Crippen LogP contribution in [-0.2, 0) is 13.0 Å². The molecule has 1 aliphatic heterocycles. The third-order valence-corrected chi connectivity index (χ3v) is 5.69. The number of H-pyrrole nitrogens is 1. The molecule has 0 radical (unpaired) electrons. The molecule has 0 amide bonds. The van der Waals surface area contributed by atoms with Gasteiger partial charge in [0.25, 0.3) is 5.56 Å². The lowest BCUT2D eigenvalue weighted by molar-refractivity contribution is 0.450. The molecule has 4 aromatic rings. The summed E-state index contributed by atoms with van der Waals surface area (Å²) in [5.41, 5.74) is 2.01. The van der Waals surface area contributed by atoms with Crippen molar-refractivity contribution in [3.05, 3.63) is 81.5 Å². The Morgan fingerprint density at radius 2 is 1.97 bits per heavy atom. The molecule has 0 spiro atoms. The first kappa shape index (κ1) is 18.5. The lowest BCUT2D eigenvalue weighted by Gasteiger charge is -2.34. The second-order valence-corrected chi connectivity index (χ2v) is 7.77. The van der Waals surface area contributed by atoms with Crippen LogP contribution in [0.2, 0.25) is 0 Å². The van der Waals surface area contributed by atoms with Crippen molar-refractivity contribution in [2.24, 2.45) is 0 Å². The zero-order valence-electron chi connectivity index (χ0n) is 16.8. The first-order valence-electron chi connectivity index (χ1n) is 9.91. The first-order chi connectivity index (χ1) is 14.5. The molecule has 1 unspecified atom stereocenters. The number of hydrogen-bond acceptors (Lipinski definition) is 5. The van der Waals surface area contributed by atoms with E-state index in [1.165, 1.54) is 6.07 Å². The summed E-state index contributed by atoms with van der Waals surface area (Å²) in [6.45, 7) is 5.20. The highest BCUT2D eigenvalue weighted by atomic mass is 19.1. The fourth-order valence-electron chi connectivity index (χ4n) is 4.32. The summed E-state index contributed by atoms with van der Waals surface area (Å²) in [7, 11) is 0. The van der Waals surface area contributed by atoms with Crippen LogP contribution in [0.25, 0.3) is 10.8 Å². The Balaban J connectivity index is 1.50. The van der Waals surface area contributed by atoms with E-state index in [2.05, 4.69) is 31.9 Å². The Bertz CT molecular complexity index is 1310. The third kappa shape index (κ3) is 3.04. The highest BCUT2D eigenvalue weighted by molar-refractivity contribution is 5.83. The Morgan fingerprint density at radius 3 is 2.80 bits per heavy atom. The van der Waals surface area contributed by atoms with Crippen molar-refractivity contribution < 1.29 is 4.39 Å². The predicted molar refractivity (Wildman–Crippen MR) is 112 cm³/mol.